The zero-order chi connectivity index (χ0) is 10.0. The summed E-state index contributed by atoms with van der Waals surface area (Å²) in [6, 6.07) is 1.68. The van der Waals surface area contributed by atoms with Gasteiger partial charge in [0.2, 0.25) is 0 Å². The molecular formula is C10H9F3. The molecule has 3 heteroatoms. The molecule has 0 saturated heterocycles. The van der Waals surface area contributed by atoms with E-state index in [9.17, 15) is 13.2 Å². The molecule has 0 N–H and O–H groups in total. The van der Waals surface area contributed by atoms with Gasteiger partial charge in [0, 0.05) is 11.5 Å². The van der Waals surface area contributed by atoms with Gasteiger partial charge in [-0.15, -0.1) is 6.58 Å². The van der Waals surface area contributed by atoms with Crippen molar-refractivity contribution < 1.29 is 13.2 Å². The van der Waals surface area contributed by atoms with E-state index in [1.165, 1.54) is 6.08 Å². The summed E-state index contributed by atoms with van der Waals surface area (Å²) in [5, 5.41) is 0. The van der Waals surface area contributed by atoms with Gasteiger partial charge in [-0.2, -0.15) is 0 Å². The van der Waals surface area contributed by atoms with E-state index in [0.29, 0.717) is 0 Å². The fourth-order valence-corrected chi connectivity index (χ4v) is 1.08. The molecule has 0 heterocycles. The SMILES string of the molecule is C=CC(C)c1c(F)ccc(F)c1F. The minimum atomic E-state index is -1.13. The van der Waals surface area contributed by atoms with Gasteiger partial charge >= 0.3 is 0 Å². The maximum atomic E-state index is 13.0. The van der Waals surface area contributed by atoms with Crippen LogP contribution < -0.4 is 0 Å². The highest BCUT2D eigenvalue weighted by atomic mass is 19.2. The summed E-state index contributed by atoms with van der Waals surface area (Å²) < 4.78 is 38.7. The zero-order valence-electron chi connectivity index (χ0n) is 7.15. The van der Waals surface area contributed by atoms with E-state index in [1.807, 2.05) is 0 Å². The van der Waals surface area contributed by atoms with Crippen LogP contribution in [0.3, 0.4) is 0 Å². The lowest BCUT2D eigenvalue weighted by Gasteiger charge is -2.09. The molecule has 0 aliphatic rings. The van der Waals surface area contributed by atoms with E-state index >= 15 is 0 Å². The Morgan fingerprint density at radius 1 is 1.23 bits per heavy atom. The summed E-state index contributed by atoms with van der Waals surface area (Å²) in [7, 11) is 0. The van der Waals surface area contributed by atoms with Gasteiger partial charge < -0.3 is 0 Å². The van der Waals surface area contributed by atoms with Crippen LogP contribution in [0.1, 0.15) is 18.4 Å². The summed E-state index contributed by atoms with van der Waals surface area (Å²) in [5.41, 5.74) is -0.269. The van der Waals surface area contributed by atoms with Gasteiger partial charge in [0.15, 0.2) is 11.6 Å². The normalized spacial score (nSPS) is 12.6. The Hall–Kier alpha value is -1.25. The maximum absolute atomic E-state index is 13.0. The van der Waals surface area contributed by atoms with E-state index in [4.69, 9.17) is 0 Å². The lowest BCUT2D eigenvalue weighted by atomic mass is 10.00. The number of allylic oxidation sites excluding steroid dienone is 1. The van der Waals surface area contributed by atoms with Crippen molar-refractivity contribution in [2.75, 3.05) is 0 Å². The standard InChI is InChI=1S/C10H9F3/c1-3-6(2)9-7(11)4-5-8(12)10(9)13/h3-6H,1H2,2H3. The molecule has 13 heavy (non-hydrogen) atoms. The van der Waals surface area contributed by atoms with E-state index in [0.717, 1.165) is 12.1 Å². The van der Waals surface area contributed by atoms with Crippen LogP contribution >= 0.6 is 0 Å². The predicted octanol–water partition coefficient (Wildman–Crippen LogP) is 3.39. The van der Waals surface area contributed by atoms with Crippen molar-refractivity contribution in [3.63, 3.8) is 0 Å². The van der Waals surface area contributed by atoms with Crippen molar-refractivity contribution >= 4 is 0 Å². The van der Waals surface area contributed by atoms with E-state index < -0.39 is 23.4 Å². The molecule has 0 nitrogen and oxygen atoms in total. The topological polar surface area (TPSA) is 0 Å². The van der Waals surface area contributed by atoms with Gasteiger partial charge in [-0.25, -0.2) is 13.2 Å². The number of benzene rings is 1. The Labute approximate surface area is 74.7 Å². The van der Waals surface area contributed by atoms with Crippen LogP contribution in [-0.2, 0) is 0 Å². The van der Waals surface area contributed by atoms with Crippen molar-refractivity contribution in [2.45, 2.75) is 12.8 Å². The monoisotopic (exact) mass is 186 g/mol. The second kappa shape index (κ2) is 3.64. The van der Waals surface area contributed by atoms with Gasteiger partial charge in [0.1, 0.15) is 5.82 Å². The third-order valence-electron chi connectivity index (χ3n) is 1.89. The molecule has 0 spiro atoms. The Morgan fingerprint density at radius 3 is 2.31 bits per heavy atom. The number of rotatable bonds is 2. The average molecular weight is 186 g/mol. The molecule has 1 rings (SSSR count). The molecular weight excluding hydrogens is 177 g/mol. The summed E-state index contributed by atoms with van der Waals surface area (Å²) in [5.74, 6) is -3.44. The van der Waals surface area contributed by atoms with Gasteiger partial charge in [0.05, 0.1) is 0 Å². The zero-order valence-corrected chi connectivity index (χ0v) is 7.15. The third-order valence-corrected chi connectivity index (χ3v) is 1.89. The van der Waals surface area contributed by atoms with Crippen LogP contribution in [0.4, 0.5) is 13.2 Å². The smallest absolute Gasteiger partial charge is 0.165 e. The first-order valence-corrected chi connectivity index (χ1v) is 3.84. The van der Waals surface area contributed by atoms with Gasteiger partial charge in [-0.05, 0) is 12.1 Å². The molecule has 0 fully saturated rings. The first kappa shape index (κ1) is 9.84. The van der Waals surface area contributed by atoms with Gasteiger partial charge in [-0.3, -0.25) is 0 Å². The molecule has 1 atom stereocenters. The first-order valence-electron chi connectivity index (χ1n) is 3.84. The maximum Gasteiger partial charge on any atom is 0.165 e. The molecule has 1 aromatic rings. The highest BCUT2D eigenvalue weighted by molar-refractivity contribution is 5.27. The Balaban J connectivity index is 3.32. The van der Waals surface area contributed by atoms with Crippen LogP contribution in [0, 0.1) is 17.5 Å². The molecule has 0 aliphatic heterocycles. The second-order valence-electron chi connectivity index (χ2n) is 2.78. The average Bonchev–Trinajstić information content (AvgIpc) is 2.12. The van der Waals surface area contributed by atoms with Crippen molar-refractivity contribution in [3.05, 3.63) is 47.8 Å². The summed E-state index contributed by atoms with van der Waals surface area (Å²) in [6.45, 7) is 4.94. The Bertz CT molecular complexity index is 331. The molecule has 0 aliphatic carbocycles. The molecule has 0 bridgehead atoms. The first-order chi connectivity index (χ1) is 6.07. The summed E-state index contributed by atoms with van der Waals surface area (Å²) >= 11 is 0. The highest BCUT2D eigenvalue weighted by Gasteiger charge is 2.16. The van der Waals surface area contributed by atoms with Crippen molar-refractivity contribution in [2.24, 2.45) is 0 Å². The van der Waals surface area contributed by atoms with Crippen molar-refractivity contribution in [3.8, 4) is 0 Å². The summed E-state index contributed by atoms with van der Waals surface area (Å²) in [6.07, 6.45) is 1.36. The van der Waals surface area contributed by atoms with E-state index in [-0.39, 0.29) is 5.56 Å². The van der Waals surface area contributed by atoms with Crippen LogP contribution in [0.25, 0.3) is 0 Å². The van der Waals surface area contributed by atoms with Crippen LogP contribution in [0.2, 0.25) is 0 Å². The molecule has 0 amide bonds. The molecule has 1 aromatic carbocycles. The van der Waals surface area contributed by atoms with E-state index in [1.54, 1.807) is 6.92 Å². The molecule has 70 valence electrons. The van der Waals surface area contributed by atoms with Gasteiger partial charge in [0.25, 0.3) is 0 Å². The Morgan fingerprint density at radius 2 is 1.77 bits per heavy atom. The lowest BCUT2D eigenvalue weighted by molar-refractivity contribution is 0.476. The third kappa shape index (κ3) is 1.74. The molecule has 1 unspecified atom stereocenters. The Kier molecular flexibility index (Phi) is 2.76. The molecule has 0 aromatic heterocycles. The highest BCUT2D eigenvalue weighted by Crippen LogP contribution is 2.24. The quantitative estimate of drug-likeness (QED) is 0.490. The molecule has 0 saturated carbocycles. The van der Waals surface area contributed by atoms with Crippen LogP contribution in [0.5, 0.6) is 0 Å². The minimum Gasteiger partial charge on any atom is -0.207 e. The molecule has 0 radical (unpaired) electrons. The fraction of sp³-hybridized carbons (Fsp3) is 0.200. The van der Waals surface area contributed by atoms with Crippen molar-refractivity contribution in [1.82, 2.24) is 0 Å². The number of hydrogen-bond donors (Lipinski definition) is 0. The minimum absolute atomic E-state index is 0.269. The fourth-order valence-electron chi connectivity index (χ4n) is 1.08. The van der Waals surface area contributed by atoms with E-state index in [2.05, 4.69) is 6.58 Å². The number of halogens is 3. The van der Waals surface area contributed by atoms with Gasteiger partial charge in [-0.1, -0.05) is 13.0 Å². The predicted molar refractivity (Wildman–Crippen MR) is 44.9 cm³/mol. The van der Waals surface area contributed by atoms with Crippen molar-refractivity contribution in [1.29, 1.82) is 0 Å². The van der Waals surface area contributed by atoms with Crippen LogP contribution in [0.15, 0.2) is 24.8 Å². The second-order valence-corrected chi connectivity index (χ2v) is 2.78. The van der Waals surface area contributed by atoms with Crippen LogP contribution in [-0.4, -0.2) is 0 Å². The summed E-state index contributed by atoms with van der Waals surface area (Å²) in [4.78, 5) is 0. The number of hydrogen-bond acceptors (Lipinski definition) is 0. The largest absolute Gasteiger partial charge is 0.207 e. The lowest BCUT2D eigenvalue weighted by Crippen LogP contribution is -2.01.